The molecule has 0 bridgehead atoms. The predicted octanol–water partition coefficient (Wildman–Crippen LogP) is 4.70. The molecule has 1 aromatic carbocycles. The molecule has 0 unspecified atom stereocenters. The molecule has 3 aromatic rings. The van der Waals surface area contributed by atoms with Crippen molar-refractivity contribution in [1.82, 2.24) is 10.3 Å². The highest BCUT2D eigenvalue weighted by Crippen LogP contribution is 2.28. The van der Waals surface area contributed by atoms with Crippen LogP contribution < -0.4 is 14.8 Å². The lowest BCUT2D eigenvalue weighted by molar-refractivity contribution is -0.120. The smallest absolute Gasteiger partial charge is 0.226 e. The molecule has 2 heterocycles. The van der Waals surface area contributed by atoms with Crippen molar-refractivity contribution in [2.24, 2.45) is 5.92 Å². The van der Waals surface area contributed by atoms with Gasteiger partial charge in [0.15, 0.2) is 22.3 Å². The Kier molecular flexibility index (Phi) is 7.30. The Hall–Kier alpha value is -2.80. The second-order valence-corrected chi connectivity index (χ2v) is 7.95. The fourth-order valence-electron chi connectivity index (χ4n) is 2.68. The number of hydrogen-bond acceptors (Lipinski definition) is 6. The topological polar surface area (TPSA) is 73.6 Å². The van der Waals surface area contributed by atoms with Gasteiger partial charge in [-0.2, -0.15) is 0 Å². The molecule has 0 spiro atoms. The van der Waals surface area contributed by atoms with E-state index in [2.05, 4.69) is 24.1 Å². The van der Waals surface area contributed by atoms with Crippen molar-refractivity contribution in [3.8, 4) is 22.3 Å². The predicted molar refractivity (Wildman–Crippen MR) is 113 cm³/mol. The molecule has 1 N–H and O–H groups in total. The fraction of sp³-hybridized carbons (Fsp3) is 0.364. The van der Waals surface area contributed by atoms with Crippen molar-refractivity contribution >= 4 is 17.2 Å². The van der Waals surface area contributed by atoms with Crippen LogP contribution in [-0.2, 0) is 17.8 Å². The minimum Gasteiger partial charge on any atom is -0.493 e. The number of hydrogen-bond donors (Lipinski definition) is 1. The summed E-state index contributed by atoms with van der Waals surface area (Å²) in [6.07, 6.45) is 2.82. The van der Waals surface area contributed by atoms with E-state index >= 15 is 0 Å². The summed E-state index contributed by atoms with van der Waals surface area (Å²) in [6.45, 7) is 5.39. The van der Waals surface area contributed by atoms with Crippen molar-refractivity contribution in [2.45, 2.75) is 33.2 Å². The molecule has 6 nitrogen and oxygen atoms in total. The maximum absolute atomic E-state index is 12.3. The van der Waals surface area contributed by atoms with Gasteiger partial charge in [0.1, 0.15) is 0 Å². The standard InChI is InChI=1S/C22H26N2O4S/c1-15(2)8-10-28-18-7-6-16(11-20(18)26-3)13-23-21(25)12-17-14-29-22(24-17)19-5-4-9-27-19/h4-7,9,11,14-15H,8,10,12-13H2,1-3H3,(H,23,25). The molecule has 154 valence electrons. The molecular weight excluding hydrogens is 388 g/mol. The van der Waals surface area contributed by atoms with Crippen molar-refractivity contribution in [2.75, 3.05) is 13.7 Å². The van der Waals surface area contributed by atoms with Gasteiger partial charge in [-0.05, 0) is 42.2 Å². The molecule has 0 fully saturated rings. The summed E-state index contributed by atoms with van der Waals surface area (Å²) in [5, 5.41) is 5.58. The number of amides is 1. The SMILES string of the molecule is COc1cc(CNC(=O)Cc2csc(-c3ccco3)n2)ccc1OCCC(C)C. The number of benzene rings is 1. The van der Waals surface area contributed by atoms with Crippen LogP contribution in [0.2, 0.25) is 0 Å². The number of aromatic nitrogens is 1. The van der Waals surface area contributed by atoms with E-state index in [0.29, 0.717) is 30.6 Å². The lowest BCUT2D eigenvalue weighted by Gasteiger charge is -2.13. The van der Waals surface area contributed by atoms with Crippen LogP contribution in [0.25, 0.3) is 10.8 Å². The number of methoxy groups -OCH3 is 1. The highest BCUT2D eigenvalue weighted by Gasteiger charge is 2.11. The summed E-state index contributed by atoms with van der Waals surface area (Å²) < 4.78 is 16.6. The Labute approximate surface area is 174 Å². The van der Waals surface area contributed by atoms with E-state index < -0.39 is 0 Å². The van der Waals surface area contributed by atoms with Crippen molar-refractivity contribution in [3.63, 3.8) is 0 Å². The van der Waals surface area contributed by atoms with Crippen LogP contribution in [0.5, 0.6) is 11.5 Å². The maximum Gasteiger partial charge on any atom is 0.226 e. The molecule has 2 aromatic heterocycles. The molecule has 0 atom stereocenters. The second kappa shape index (κ2) is 10.1. The minimum atomic E-state index is -0.0856. The van der Waals surface area contributed by atoms with Gasteiger partial charge in [0.25, 0.3) is 0 Å². The van der Waals surface area contributed by atoms with Crippen LogP contribution >= 0.6 is 11.3 Å². The summed E-state index contributed by atoms with van der Waals surface area (Å²) >= 11 is 1.46. The van der Waals surface area contributed by atoms with Crippen LogP contribution in [0.15, 0.2) is 46.4 Å². The number of nitrogens with one attached hydrogen (secondary N) is 1. The molecule has 0 radical (unpaired) electrons. The zero-order valence-corrected chi connectivity index (χ0v) is 17.8. The van der Waals surface area contributed by atoms with Crippen molar-refractivity contribution < 1.29 is 18.7 Å². The van der Waals surface area contributed by atoms with Crippen LogP contribution in [0.4, 0.5) is 0 Å². The van der Waals surface area contributed by atoms with Gasteiger partial charge < -0.3 is 19.2 Å². The van der Waals surface area contributed by atoms with Crippen LogP contribution in [0, 0.1) is 5.92 Å². The third kappa shape index (κ3) is 6.09. The van der Waals surface area contributed by atoms with Gasteiger partial charge in [0.2, 0.25) is 5.91 Å². The molecular formula is C22H26N2O4S. The first-order valence-corrected chi connectivity index (χ1v) is 10.5. The Morgan fingerprint density at radius 3 is 2.86 bits per heavy atom. The third-order valence-corrected chi connectivity index (χ3v) is 5.20. The molecule has 3 rings (SSSR count). The Balaban J connectivity index is 1.52. The number of thiazole rings is 1. The monoisotopic (exact) mass is 414 g/mol. The third-order valence-electron chi connectivity index (χ3n) is 4.30. The summed E-state index contributed by atoms with van der Waals surface area (Å²) in [4.78, 5) is 16.7. The number of carbonyl (C=O) groups is 1. The number of rotatable bonds is 10. The number of ether oxygens (including phenoxy) is 2. The first-order chi connectivity index (χ1) is 14.0. The summed E-state index contributed by atoms with van der Waals surface area (Å²) in [7, 11) is 1.62. The van der Waals surface area contributed by atoms with Crippen LogP contribution in [0.1, 0.15) is 31.5 Å². The van der Waals surface area contributed by atoms with E-state index in [1.807, 2.05) is 35.7 Å². The van der Waals surface area contributed by atoms with E-state index in [-0.39, 0.29) is 12.3 Å². The Morgan fingerprint density at radius 2 is 2.14 bits per heavy atom. The fourth-order valence-corrected chi connectivity index (χ4v) is 3.46. The molecule has 0 aliphatic heterocycles. The van der Waals surface area contributed by atoms with Gasteiger partial charge in [-0.1, -0.05) is 19.9 Å². The minimum absolute atomic E-state index is 0.0856. The van der Waals surface area contributed by atoms with Gasteiger partial charge >= 0.3 is 0 Å². The highest BCUT2D eigenvalue weighted by molar-refractivity contribution is 7.13. The number of carbonyl (C=O) groups excluding carboxylic acids is 1. The molecule has 29 heavy (non-hydrogen) atoms. The average Bonchev–Trinajstić information content (AvgIpc) is 3.38. The molecule has 1 amide bonds. The first kappa shape index (κ1) is 20.9. The largest absolute Gasteiger partial charge is 0.493 e. The summed E-state index contributed by atoms with van der Waals surface area (Å²) in [5.74, 6) is 2.60. The van der Waals surface area contributed by atoms with Gasteiger partial charge in [-0.15, -0.1) is 11.3 Å². The van der Waals surface area contributed by atoms with Gasteiger partial charge in [-0.3, -0.25) is 4.79 Å². The zero-order chi connectivity index (χ0) is 20.6. The quantitative estimate of drug-likeness (QED) is 0.521. The lowest BCUT2D eigenvalue weighted by atomic mass is 10.1. The number of furan rings is 1. The maximum atomic E-state index is 12.3. The molecule has 0 saturated heterocycles. The van der Waals surface area contributed by atoms with Crippen molar-refractivity contribution in [1.29, 1.82) is 0 Å². The second-order valence-electron chi connectivity index (χ2n) is 7.09. The van der Waals surface area contributed by atoms with E-state index in [4.69, 9.17) is 13.9 Å². The summed E-state index contributed by atoms with van der Waals surface area (Å²) in [5.41, 5.74) is 1.67. The van der Waals surface area contributed by atoms with Crippen LogP contribution in [0.3, 0.4) is 0 Å². The lowest BCUT2D eigenvalue weighted by Crippen LogP contribution is -2.24. The Bertz CT molecular complexity index is 919. The van der Waals surface area contributed by atoms with Gasteiger partial charge in [0, 0.05) is 11.9 Å². The van der Waals surface area contributed by atoms with E-state index in [1.165, 1.54) is 11.3 Å². The van der Waals surface area contributed by atoms with Gasteiger partial charge in [-0.25, -0.2) is 4.98 Å². The number of nitrogens with zero attached hydrogens (tertiary/aromatic N) is 1. The molecule has 0 saturated carbocycles. The first-order valence-electron chi connectivity index (χ1n) is 9.60. The average molecular weight is 415 g/mol. The van der Waals surface area contributed by atoms with Crippen molar-refractivity contribution in [3.05, 3.63) is 53.2 Å². The summed E-state index contributed by atoms with van der Waals surface area (Å²) in [6, 6.07) is 9.38. The highest BCUT2D eigenvalue weighted by atomic mass is 32.1. The zero-order valence-electron chi connectivity index (χ0n) is 16.9. The van der Waals surface area contributed by atoms with Crippen LogP contribution in [-0.4, -0.2) is 24.6 Å². The van der Waals surface area contributed by atoms with Gasteiger partial charge in [0.05, 0.1) is 32.1 Å². The normalized spacial score (nSPS) is 10.9. The van der Waals surface area contributed by atoms with E-state index in [0.717, 1.165) is 28.4 Å². The molecule has 0 aliphatic rings. The van der Waals surface area contributed by atoms with E-state index in [1.54, 1.807) is 13.4 Å². The Morgan fingerprint density at radius 1 is 1.28 bits per heavy atom. The van der Waals surface area contributed by atoms with E-state index in [9.17, 15) is 4.79 Å². The molecule has 7 heteroatoms. The molecule has 0 aliphatic carbocycles.